The number of nitrogens with two attached hydrogens (primary N) is 2. The van der Waals surface area contributed by atoms with Gasteiger partial charge in [-0.15, -0.1) is 0 Å². The highest BCUT2D eigenvalue weighted by atomic mass is 16.5. The summed E-state index contributed by atoms with van der Waals surface area (Å²) in [4.78, 5) is 0. The smallest absolute Gasteiger partial charge is 0.122 e. The summed E-state index contributed by atoms with van der Waals surface area (Å²) < 4.78 is 5.58. The van der Waals surface area contributed by atoms with Crippen LogP contribution in [0.5, 0.6) is 5.75 Å². The molecule has 0 saturated carbocycles. The maximum atomic E-state index is 5.69. The zero-order valence-electron chi connectivity index (χ0n) is 11.1. The molecule has 3 heteroatoms. The lowest BCUT2D eigenvalue weighted by molar-refractivity contribution is 0.337. The molecule has 0 spiro atoms. The predicted molar refractivity (Wildman–Crippen MR) is 72.4 cm³/mol. The molecule has 1 aromatic carbocycles. The van der Waals surface area contributed by atoms with Gasteiger partial charge in [-0.25, -0.2) is 0 Å². The molecule has 0 radical (unpaired) electrons. The van der Waals surface area contributed by atoms with Crippen molar-refractivity contribution in [2.45, 2.75) is 27.2 Å². The summed E-state index contributed by atoms with van der Waals surface area (Å²) in [6.07, 6.45) is 0.950. The Bertz CT molecular complexity index is 359. The highest BCUT2D eigenvalue weighted by molar-refractivity contribution is 5.43. The first-order chi connectivity index (χ1) is 8.13. The SMILES string of the molecule is CCOc1ccc(CC(CN)CN)c(C)c1C. The van der Waals surface area contributed by atoms with Crippen LogP contribution in [0, 0.1) is 19.8 Å². The van der Waals surface area contributed by atoms with Crippen molar-refractivity contribution >= 4 is 0 Å². The van der Waals surface area contributed by atoms with Gasteiger partial charge in [0.15, 0.2) is 0 Å². The second kappa shape index (κ2) is 6.62. The molecule has 1 rings (SSSR count). The van der Waals surface area contributed by atoms with Crippen molar-refractivity contribution < 1.29 is 4.74 Å². The molecule has 0 fully saturated rings. The molecule has 0 amide bonds. The summed E-state index contributed by atoms with van der Waals surface area (Å²) >= 11 is 0. The fraction of sp³-hybridized carbons (Fsp3) is 0.571. The van der Waals surface area contributed by atoms with Gasteiger partial charge in [0.25, 0.3) is 0 Å². The number of hydrogen-bond acceptors (Lipinski definition) is 3. The topological polar surface area (TPSA) is 61.3 Å². The quantitative estimate of drug-likeness (QED) is 0.791. The molecule has 0 bridgehead atoms. The van der Waals surface area contributed by atoms with Crippen molar-refractivity contribution in [1.29, 1.82) is 0 Å². The van der Waals surface area contributed by atoms with Crippen molar-refractivity contribution in [3.63, 3.8) is 0 Å². The maximum absolute atomic E-state index is 5.69. The van der Waals surface area contributed by atoms with Crippen LogP contribution in [-0.4, -0.2) is 19.7 Å². The van der Waals surface area contributed by atoms with Gasteiger partial charge in [-0.2, -0.15) is 0 Å². The van der Waals surface area contributed by atoms with Gasteiger partial charge < -0.3 is 16.2 Å². The minimum absolute atomic E-state index is 0.367. The van der Waals surface area contributed by atoms with Gasteiger partial charge in [-0.1, -0.05) is 6.07 Å². The van der Waals surface area contributed by atoms with Crippen LogP contribution in [0.3, 0.4) is 0 Å². The minimum Gasteiger partial charge on any atom is -0.494 e. The molecule has 0 heterocycles. The summed E-state index contributed by atoms with van der Waals surface area (Å²) in [5.41, 5.74) is 15.2. The first kappa shape index (κ1) is 14.0. The lowest BCUT2D eigenvalue weighted by atomic mass is 9.93. The van der Waals surface area contributed by atoms with E-state index in [2.05, 4.69) is 19.9 Å². The lowest BCUT2D eigenvalue weighted by Gasteiger charge is -2.17. The van der Waals surface area contributed by atoms with E-state index in [0.29, 0.717) is 25.6 Å². The van der Waals surface area contributed by atoms with E-state index < -0.39 is 0 Å². The molecule has 0 unspecified atom stereocenters. The Kier molecular flexibility index (Phi) is 5.45. The van der Waals surface area contributed by atoms with E-state index in [1.54, 1.807) is 0 Å². The highest BCUT2D eigenvalue weighted by Crippen LogP contribution is 2.25. The molecule has 0 atom stereocenters. The first-order valence-corrected chi connectivity index (χ1v) is 6.26. The lowest BCUT2D eigenvalue weighted by Crippen LogP contribution is -2.25. The zero-order valence-corrected chi connectivity index (χ0v) is 11.1. The van der Waals surface area contributed by atoms with Crippen molar-refractivity contribution in [3.8, 4) is 5.75 Å². The van der Waals surface area contributed by atoms with Gasteiger partial charge in [-0.3, -0.25) is 0 Å². The minimum atomic E-state index is 0.367. The molecule has 0 aliphatic rings. The third-order valence-corrected chi connectivity index (χ3v) is 3.32. The number of ether oxygens (including phenoxy) is 1. The van der Waals surface area contributed by atoms with Crippen LogP contribution in [0.2, 0.25) is 0 Å². The van der Waals surface area contributed by atoms with Gasteiger partial charge in [0.05, 0.1) is 6.61 Å². The molecule has 1 aromatic rings. The average Bonchev–Trinajstić information content (AvgIpc) is 2.34. The predicted octanol–water partition coefficient (Wildman–Crippen LogP) is 1.78. The van der Waals surface area contributed by atoms with Gasteiger partial charge in [-0.05, 0) is 69.0 Å². The molecule has 0 aromatic heterocycles. The summed E-state index contributed by atoms with van der Waals surface area (Å²) in [6.45, 7) is 8.22. The Balaban J connectivity index is 2.91. The van der Waals surface area contributed by atoms with E-state index in [0.717, 1.165) is 12.2 Å². The number of rotatable bonds is 6. The van der Waals surface area contributed by atoms with E-state index in [4.69, 9.17) is 16.2 Å². The van der Waals surface area contributed by atoms with E-state index in [-0.39, 0.29) is 0 Å². The zero-order chi connectivity index (χ0) is 12.8. The summed E-state index contributed by atoms with van der Waals surface area (Å²) in [6, 6.07) is 4.18. The van der Waals surface area contributed by atoms with E-state index in [1.807, 2.05) is 13.0 Å². The molecule has 17 heavy (non-hydrogen) atoms. The molecular weight excluding hydrogens is 212 g/mol. The van der Waals surface area contributed by atoms with E-state index >= 15 is 0 Å². The monoisotopic (exact) mass is 236 g/mol. The van der Waals surface area contributed by atoms with Crippen LogP contribution in [-0.2, 0) is 6.42 Å². The van der Waals surface area contributed by atoms with Crippen molar-refractivity contribution in [1.82, 2.24) is 0 Å². The molecule has 96 valence electrons. The van der Waals surface area contributed by atoms with Gasteiger partial charge in [0.2, 0.25) is 0 Å². The average molecular weight is 236 g/mol. The molecule has 0 saturated heterocycles. The number of hydrogen-bond donors (Lipinski definition) is 2. The maximum Gasteiger partial charge on any atom is 0.122 e. The molecule has 4 N–H and O–H groups in total. The third-order valence-electron chi connectivity index (χ3n) is 3.32. The number of benzene rings is 1. The fourth-order valence-electron chi connectivity index (χ4n) is 1.96. The van der Waals surface area contributed by atoms with Gasteiger partial charge in [0.1, 0.15) is 5.75 Å². The van der Waals surface area contributed by atoms with Crippen LogP contribution in [0.25, 0.3) is 0 Å². The Hall–Kier alpha value is -1.06. The molecule has 0 aliphatic carbocycles. The molecule has 0 aliphatic heterocycles. The van der Waals surface area contributed by atoms with Crippen molar-refractivity contribution in [3.05, 3.63) is 28.8 Å². The summed E-state index contributed by atoms with van der Waals surface area (Å²) in [7, 11) is 0. The molecule has 3 nitrogen and oxygen atoms in total. The van der Waals surface area contributed by atoms with Crippen molar-refractivity contribution in [2.75, 3.05) is 19.7 Å². The van der Waals surface area contributed by atoms with Crippen LogP contribution in [0.1, 0.15) is 23.6 Å². The summed E-state index contributed by atoms with van der Waals surface area (Å²) in [5.74, 6) is 1.34. The third kappa shape index (κ3) is 3.45. The van der Waals surface area contributed by atoms with Gasteiger partial charge >= 0.3 is 0 Å². The summed E-state index contributed by atoms with van der Waals surface area (Å²) in [5, 5.41) is 0. The normalized spacial score (nSPS) is 10.9. The second-order valence-corrected chi connectivity index (χ2v) is 4.45. The first-order valence-electron chi connectivity index (χ1n) is 6.26. The van der Waals surface area contributed by atoms with E-state index in [9.17, 15) is 0 Å². The van der Waals surface area contributed by atoms with Crippen LogP contribution >= 0.6 is 0 Å². The van der Waals surface area contributed by atoms with Crippen LogP contribution < -0.4 is 16.2 Å². The van der Waals surface area contributed by atoms with Crippen LogP contribution in [0.4, 0.5) is 0 Å². The largest absolute Gasteiger partial charge is 0.494 e. The van der Waals surface area contributed by atoms with Gasteiger partial charge in [0, 0.05) is 0 Å². The van der Waals surface area contributed by atoms with E-state index in [1.165, 1.54) is 16.7 Å². The van der Waals surface area contributed by atoms with Crippen molar-refractivity contribution in [2.24, 2.45) is 17.4 Å². The van der Waals surface area contributed by atoms with Crippen LogP contribution in [0.15, 0.2) is 12.1 Å². The Morgan fingerprint density at radius 3 is 2.29 bits per heavy atom. The Morgan fingerprint density at radius 1 is 1.12 bits per heavy atom. The Morgan fingerprint density at radius 2 is 1.76 bits per heavy atom. The second-order valence-electron chi connectivity index (χ2n) is 4.45. The highest BCUT2D eigenvalue weighted by Gasteiger charge is 2.11. The Labute approximate surface area is 104 Å². The fourth-order valence-corrected chi connectivity index (χ4v) is 1.96. The molecular formula is C14H24N2O. The standard InChI is InChI=1S/C14H24N2O/c1-4-17-14-6-5-13(10(2)11(14)3)7-12(8-15)9-16/h5-6,12H,4,7-9,15-16H2,1-3H3.